The van der Waals surface area contributed by atoms with Crippen LogP contribution >= 0.6 is 81.9 Å². The van der Waals surface area contributed by atoms with E-state index < -0.39 is 95.8 Å². The minimum atomic E-state index is -1.15. The van der Waals surface area contributed by atoms with Crippen molar-refractivity contribution in [3.05, 3.63) is 403 Å². The van der Waals surface area contributed by atoms with E-state index in [1.54, 1.807) is 121 Å². The summed E-state index contributed by atoms with van der Waals surface area (Å²) in [6.07, 6.45) is 2.15. The highest BCUT2D eigenvalue weighted by molar-refractivity contribution is 7.99. The number of carboxylic acid groups (broad SMARTS) is 4. The Morgan fingerprint density at radius 1 is 0.266 bits per heavy atom. The van der Waals surface area contributed by atoms with Gasteiger partial charge in [0.25, 0.3) is 23.6 Å². The Hall–Kier alpha value is -14.3. The topological polar surface area (TPSA) is 347 Å². The fourth-order valence-corrected chi connectivity index (χ4v) is 17.9. The summed E-state index contributed by atoms with van der Waals surface area (Å²) in [6.45, 7) is 8.04. The quantitative estimate of drug-likeness (QED) is 0.0167. The third-order valence-electron chi connectivity index (χ3n) is 20.9. The van der Waals surface area contributed by atoms with Crippen molar-refractivity contribution in [2.75, 3.05) is 49.2 Å². The van der Waals surface area contributed by atoms with E-state index in [1.165, 1.54) is 47.0 Å². The van der Waals surface area contributed by atoms with Gasteiger partial charge in [-0.25, -0.2) is 38.4 Å². The van der Waals surface area contributed by atoms with Gasteiger partial charge in [0.2, 0.25) is 0 Å². The van der Waals surface area contributed by atoms with E-state index in [0.717, 1.165) is 80.8 Å². The Morgan fingerprint density at radius 3 is 0.797 bits per heavy atom. The fourth-order valence-electron chi connectivity index (χ4n) is 13.5. The number of thioether (sulfide) groups is 4. The number of benzene rings is 12. The lowest BCUT2D eigenvalue weighted by atomic mass is 10.0. The molecule has 0 radical (unpaired) electrons. The number of hydrogen-bond acceptors (Lipinski definition) is 16. The lowest BCUT2D eigenvalue weighted by Gasteiger charge is -2.23. The predicted molar refractivity (Wildman–Crippen MR) is 572 cm³/mol. The van der Waals surface area contributed by atoms with Crippen LogP contribution in [0.3, 0.4) is 0 Å². The minimum Gasteiger partial charge on any atom is -0.480 e. The van der Waals surface area contributed by atoms with Crippen molar-refractivity contribution in [2.45, 2.75) is 101 Å². The maximum Gasteiger partial charge on any atom is 0.327 e. The molecule has 738 valence electrons. The molecule has 31 heteroatoms. The largest absolute Gasteiger partial charge is 0.480 e. The zero-order valence-corrected chi connectivity index (χ0v) is 84.5. The number of aliphatic carboxylic acids is 4. The first kappa shape index (κ1) is 112. The second-order valence-corrected chi connectivity index (χ2v) is 37.2. The molecule has 143 heavy (non-hydrogen) atoms. The maximum atomic E-state index is 13.2. The summed E-state index contributed by atoms with van der Waals surface area (Å²) < 4.78 is 0. The van der Waals surface area contributed by atoms with Crippen molar-refractivity contribution in [1.82, 2.24) is 40.9 Å². The minimum absolute atomic E-state index is 0.155. The Kier molecular flexibility index (Phi) is 47.7. The molecular weight excluding hydrogens is 1950 g/mol. The van der Waals surface area contributed by atoms with Crippen LogP contribution in [0.1, 0.15) is 139 Å². The van der Waals surface area contributed by atoms with Gasteiger partial charge in [-0.3, -0.25) is 38.8 Å². The molecule has 8 N–H and O–H groups in total. The van der Waals surface area contributed by atoms with Gasteiger partial charge in [-0.1, -0.05) is 292 Å². The van der Waals surface area contributed by atoms with Crippen molar-refractivity contribution in [3.8, 4) is 45.9 Å². The third kappa shape index (κ3) is 37.9. The smallest absolute Gasteiger partial charge is 0.327 e. The van der Waals surface area contributed by atoms with Crippen LogP contribution in [0, 0.1) is 23.7 Å². The Balaban J connectivity index is 0.000000213. The standard InChI is InChI=1S/2C29H28N2O4S.C27H26Cl2N2O4S.C27H27ClN2O4S/c1-2-18-31(29(35)30-26(28(33)34)21-36-20-24-12-7-4-8-13-24)27(32)25-15-9-14-23(19-25)17-16-22-10-5-3-6-11-22;1-2-19-31(29(35)30-26(28(33)34)21-36-20-24-11-7-4-8-12-24)27(32)25-17-15-23(16-18-25)14-13-22-9-5-3-6-10-22;1-2-14-31(27(35)30-24(26(33)34)17-36-16-18-6-4-3-5-7-18)25(32)20-10-8-19(9-11-20)21-12-13-22(28)23(29)15-21;1-2-16-30(25(31)22-10-8-20(9-11-22)21-12-14-23(28)15-13-21)27(34)29-24(26(32)33)18-35-17-19-6-4-3-5-7-19/h3-15,19,26H,2,18,20-21H2,1H3,(H,30,35)(H,33,34);3-12,15-18,26H,2,19-21H2,1H3,(H,30,35)(H,33,34);3-13,15,24H,2,14,16-17H2,1H3,(H,30,35)(H,33,34);3-15,24H,2,16-18H2,1H3,(H,29,34)(H,32,33)/t2*26-;2*24-/m0000/s1. The van der Waals surface area contributed by atoms with Gasteiger partial charge < -0.3 is 41.7 Å². The van der Waals surface area contributed by atoms with E-state index in [2.05, 4.69) is 44.9 Å². The van der Waals surface area contributed by atoms with Crippen LogP contribution in [0.5, 0.6) is 0 Å². The molecule has 12 amide bonds. The van der Waals surface area contributed by atoms with E-state index in [1.807, 2.05) is 228 Å². The zero-order valence-electron chi connectivity index (χ0n) is 79.0. The highest BCUT2D eigenvalue weighted by Crippen LogP contribution is 2.31. The third-order valence-corrected chi connectivity index (χ3v) is 26.3. The van der Waals surface area contributed by atoms with Crippen LogP contribution in [0.25, 0.3) is 22.3 Å². The van der Waals surface area contributed by atoms with Crippen molar-refractivity contribution in [1.29, 1.82) is 0 Å². The second kappa shape index (κ2) is 60.7. The molecule has 0 aliphatic heterocycles. The zero-order chi connectivity index (χ0) is 103. The van der Waals surface area contributed by atoms with Crippen molar-refractivity contribution < 1.29 is 78.0 Å². The van der Waals surface area contributed by atoms with Crippen molar-refractivity contribution >= 4 is 153 Å². The average molecular weight is 2060 g/mol. The lowest BCUT2D eigenvalue weighted by Crippen LogP contribution is -2.51. The molecule has 0 aliphatic rings. The number of halogens is 3. The molecule has 0 aliphatic carbocycles. The number of imide groups is 4. The Bertz CT molecular complexity index is 6340. The van der Waals surface area contributed by atoms with Crippen molar-refractivity contribution in [3.63, 3.8) is 0 Å². The van der Waals surface area contributed by atoms with E-state index in [9.17, 15) is 78.0 Å². The number of carbonyl (C=O) groups is 12. The van der Waals surface area contributed by atoms with Crippen LogP contribution in [0.15, 0.2) is 322 Å². The van der Waals surface area contributed by atoms with E-state index in [0.29, 0.717) is 91.6 Å². The summed E-state index contributed by atoms with van der Waals surface area (Å²) >= 11 is 23.7. The highest BCUT2D eigenvalue weighted by atomic mass is 35.5. The molecule has 4 atom stereocenters. The molecular formula is C112H109Cl3N8O16S4. The number of amides is 12. The van der Waals surface area contributed by atoms with E-state index in [-0.39, 0.29) is 49.2 Å². The molecule has 0 bridgehead atoms. The van der Waals surface area contributed by atoms with Gasteiger partial charge >= 0.3 is 48.0 Å². The second-order valence-electron chi connectivity index (χ2n) is 31.9. The van der Waals surface area contributed by atoms with Crippen LogP contribution < -0.4 is 21.3 Å². The van der Waals surface area contributed by atoms with Crippen molar-refractivity contribution in [2.24, 2.45) is 0 Å². The number of carboxylic acids is 4. The summed E-state index contributed by atoms with van der Waals surface area (Å²) in [4.78, 5) is 156. The summed E-state index contributed by atoms with van der Waals surface area (Å²) in [6, 6.07) is 90.1. The molecule has 0 aromatic heterocycles. The molecule has 12 aromatic carbocycles. The van der Waals surface area contributed by atoms with Crippen LogP contribution in [-0.2, 0) is 42.2 Å². The predicted octanol–water partition coefficient (Wildman–Crippen LogP) is 22.6. The molecule has 12 aromatic rings. The molecule has 0 fully saturated rings. The summed E-state index contributed by atoms with van der Waals surface area (Å²) in [5.74, 6) is 8.83. The number of carbonyl (C=O) groups excluding carboxylic acids is 8. The number of hydrogen-bond donors (Lipinski definition) is 8. The normalized spacial score (nSPS) is 11.3. The van der Waals surface area contributed by atoms with Gasteiger partial charge in [-0.05, 0) is 185 Å². The Labute approximate surface area is 864 Å². The highest BCUT2D eigenvalue weighted by Gasteiger charge is 2.33. The van der Waals surface area contributed by atoms with Gasteiger partial charge in [0.1, 0.15) is 24.2 Å². The first-order valence-corrected chi connectivity index (χ1v) is 51.5. The molecule has 0 heterocycles. The van der Waals surface area contributed by atoms with Gasteiger partial charge in [-0.15, -0.1) is 0 Å². The summed E-state index contributed by atoms with van der Waals surface area (Å²) in [5, 5.41) is 50.0. The van der Waals surface area contributed by atoms with Gasteiger partial charge in [0.05, 0.1) is 10.0 Å². The molecule has 0 spiro atoms. The fraction of sp³-hybridized carbons (Fsp3) is 0.214. The number of urea groups is 4. The molecule has 12 rings (SSSR count). The molecule has 0 saturated heterocycles. The van der Waals surface area contributed by atoms with Crippen LogP contribution in [-0.4, -0.2) is 185 Å². The molecule has 0 unspecified atom stereocenters. The van der Waals surface area contributed by atoms with Crippen LogP contribution in [0.4, 0.5) is 19.2 Å². The van der Waals surface area contributed by atoms with Crippen LogP contribution in [0.2, 0.25) is 15.1 Å². The monoisotopic (exact) mass is 2050 g/mol. The number of nitrogens with one attached hydrogen (secondary N) is 4. The lowest BCUT2D eigenvalue weighted by molar-refractivity contribution is -0.139. The summed E-state index contributed by atoms with van der Waals surface area (Å²) in [5.41, 5.74) is 12.2. The maximum absolute atomic E-state index is 13.2. The Morgan fingerprint density at radius 2 is 0.510 bits per heavy atom. The molecule has 0 saturated carbocycles. The number of nitrogens with zero attached hydrogens (tertiary/aromatic N) is 4. The molecule has 24 nitrogen and oxygen atoms in total. The SMILES string of the molecule is CCCN(C(=O)N[C@@H](CSCc1ccccc1)C(=O)O)C(=O)c1ccc(-c2ccc(Cl)c(Cl)c2)cc1.CCCN(C(=O)N[C@@H](CSCc1ccccc1)C(=O)O)C(=O)c1ccc(-c2ccc(Cl)cc2)cc1.CCCN(C(=O)N[C@@H](CSCc1ccccc1)C(=O)O)C(=O)c1ccc(C#Cc2ccccc2)cc1.CCCN(C(=O)N[C@@H](CSCc1ccccc1)C(=O)O)C(=O)c1cccc(C#Cc2ccccc2)c1. The number of rotatable bonds is 38. The summed E-state index contributed by atoms with van der Waals surface area (Å²) in [7, 11) is 0. The average Bonchev–Trinajstić information content (AvgIpc) is 0.658. The first-order valence-electron chi connectivity index (χ1n) is 45.8. The van der Waals surface area contributed by atoms with E-state index in [4.69, 9.17) is 34.8 Å². The van der Waals surface area contributed by atoms with Gasteiger partial charge in [-0.2, -0.15) is 47.0 Å². The van der Waals surface area contributed by atoms with Gasteiger partial charge in [0, 0.05) is 122 Å². The van der Waals surface area contributed by atoms with Gasteiger partial charge in [0.15, 0.2) is 0 Å². The van der Waals surface area contributed by atoms with E-state index >= 15 is 0 Å². The first-order chi connectivity index (χ1) is 69.1.